The standard InChI is InChI=1S/C15H15Cl2NO2/c16-13-7-4-8-14(17)15(13)20-10-12(19)9-18-11-5-2-1-3-6-11/h1-8,12,18-19H,9-10H2. The molecular formula is C15H15Cl2NO2. The first-order valence-electron chi connectivity index (χ1n) is 6.20. The van der Waals surface area contributed by atoms with Crippen LogP contribution in [0.15, 0.2) is 48.5 Å². The van der Waals surface area contributed by atoms with Crippen molar-refractivity contribution in [2.45, 2.75) is 6.10 Å². The third kappa shape index (κ3) is 4.30. The number of para-hydroxylation sites is 2. The summed E-state index contributed by atoms with van der Waals surface area (Å²) in [5.74, 6) is 0.398. The summed E-state index contributed by atoms with van der Waals surface area (Å²) in [5.41, 5.74) is 0.947. The molecule has 1 atom stereocenters. The van der Waals surface area contributed by atoms with Crippen LogP contribution in [0, 0.1) is 0 Å². The molecule has 0 spiro atoms. The Morgan fingerprint density at radius 3 is 2.30 bits per heavy atom. The summed E-state index contributed by atoms with van der Waals surface area (Å²) in [6.45, 7) is 0.495. The number of hydrogen-bond donors (Lipinski definition) is 2. The molecule has 0 amide bonds. The summed E-state index contributed by atoms with van der Waals surface area (Å²) >= 11 is 12.0. The lowest BCUT2D eigenvalue weighted by molar-refractivity contribution is 0.117. The van der Waals surface area contributed by atoms with E-state index in [-0.39, 0.29) is 6.61 Å². The molecule has 5 heteroatoms. The van der Waals surface area contributed by atoms with Gasteiger partial charge in [-0.3, -0.25) is 0 Å². The third-order valence-corrected chi connectivity index (χ3v) is 3.25. The number of anilines is 1. The molecule has 0 radical (unpaired) electrons. The average Bonchev–Trinajstić information content (AvgIpc) is 2.46. The lowest BCUT2D eigenvalue weighted by atomic mass is 10.3. The molecule has 0 saturated carbocycles. The van der Waals surface area contributed by atoms with Crippen molar-refractivity contribution >= 4 is 28.9 Å². The molecule has 2 aromatic carbocycles. The quantitative estimate of drug-likeness (QED) is 0.851. The first kappa shape index (κ1) is 15.0. The number of hydrogen-bond acceptors (Lipinski definition) is 3. The monoisotopic (exact) mass is 311 g/mol. The summed E-state index contributed by atoms with van der Waals surface area (Å²) < 4.78 is 5.46. The van der Waals surface area contributed by atoms with Gasteiger partial charge in [-0.25, -0.2) is 0 Å². The largest absolute Gasteiger partial charge is 0.488 e. The smallest absolute Gasteiger partial charge is 0.156 e. The number of aliphatic hydroxyl groups is 1. The van der Waals surface area contributed by atoms with Crippen molar-refractivity contribution in [2.75, 3.05) is 18.5 Å². The highest BCUT2D eigenvalue weighted by atomic mass is 35.5. The Labute approximate surface area is 128 Å². The summed E-state index contributed by atoms with van der Waals surface area (Å²) in [6, 6.07) is 14.8. The second-order valence-electron chi connectivity index (χ2n) is 4.26. The van der Waals surface area contributed by atoms with Gasteiger partial charge in [0.15, 0.2) is 5.75 Å². The van der Waals surface area contributed by atoms with Crippen LogP contribution in [0.3, 0.4) is 0 Å². The van der Waals surface area contributed by atoms with Gasteiger partial charge >= 0.3 is 0 Å². The van der Waals surface area contributed by atoms with Crippen molar-refractivity contribution in [3.8, 4) is 5.75 Å². The number of aliphatic hydroxyl groups excluding tert-OH is 1. The molecule has 0 heterocycles. The minimum Gasteiger partial charge on any atom is -0.488 e. The Kier molecular flexibility index (Phi) is 5.53. The molecule has 2 aromatic rings. The van der Waals surface area contributed by atoms with Crippen molar-refractivity contribution in [1.82, 2.24) is 0 Å². The molecule has 3 nitrogen and oxygen atoms in total. The van der Waals surface area contributed by atoms with E-state index in [1.54, 1.807) is 18.2 Å². The van der Waals surface area contributed by atoms with Gasteiger partial charge in [-0.2, -0.15) is 0 Å². The highest BCUT2D eigenvalue weighted by Gasteiger charge is 2.10. The van der Waals surface area contributed by atoms with E-state index in [9.17, 15) is 5.11 Å². The number of rotatable bonds is 6. The molecule has 0 saturated heterocycles. The van der Waals surface area contributed by atoms with E-state index >= 15 is 0 Å². The normalized spacial score (nSPS) is 11.9. The van der Waals surface area contributed by atoms with Crippen LogP contribution in [0.4, 0.5) is 5.69 Å². The maximum Gasteiger partial charge on any atom is 0.156 e. The summed E-state index contributed by atoms with van der Waals surface area (Å²) in [5, 5.41) is 13.9. The van der Waals surface area contributed by atoms with Gasteiger partial charge in [-0.05, 0) is 24.3 Å². The summed E-state index contributed by atoms with van der Waals surface area (Å²) in [4.78, 5) is 0. The Balaban J connectivity index is 1.82. The highest BCUT2D eigenvalue weighted by molar-refractivity contribution is 6.37. The topological polar surface area (TPSA) is 41.5 Å². The van der Waals surface area contributed by atoms with E-state index in [4.69, 9.17) is 27.9 Å². The zero-order valence-corrected chi connectivity index (χ0v) is 12.2. The SMILES string of the molecule is OC(CNc1ccccc1)COc1c(Cl)cccc1Cl. The fourth-order valence-corrected chi connectivity index (χ4v) is 2.16. The second-order valence-corrected chi connectivity index (χ2v) is 5.08. The van der Waals surface area contributed by atoms with Crippen molar-refractivity contribution < 1.29 is 9.84 Å². The minimum absolute atomic E-state index is 0.114. The van der Waals surface area contributed by atoms with Crippen LogP contribution in [0.2, 0.25) is 10.0 Å². The fraction of sp³-hybridized carbons (Fsp3) is 0.200. The van der Waals surface area contributed by atoms with Crippen LogP contribution in [0.1, 0.15) is 0 Å². The summed E-state index contributed by atoms with van der Waals surface area (Å²) in [7, 11) is 0. The van der Waals surface area contributed by atoms with Crippen LogP contribution >= 0.6 is 23.2 Å². The van der Waals surface area contributed by atoms with Crippen molar-refractivity contribution in [1.29, 1.82) is 0 Å². The number of nitrogens with one attached hydrogen (secondary N) is 1. The molecule has 0 aliphatic carbocycles. The Morgan fingerprint density at radius 1 is 1.00 bits per heavy atom. The van der Waals surface area contributed by atoms with Crippen LogP contribution in [0.5, 0.6) is 5.75 Å². The predicted octanol–water partition coefficient (Wildman–Crippen LogP) is 3.85. The van der Waals surface area contributed by atoms with Gasteiger partial charge in [-0.15, -0.1) is 0 Å². The zero-order chi connectivity index (χ0) is 14.4. The van der Waals surface area contributed by atoms with Gasteiger partial charge in [-0.1, -0.05) is 47.5 Å². The molecule has 2 N–H and O–H groups in total. The van der Waals surface area contributed by atoms with E-state index in [1.807, 2.05) is 30.3 Å². The van der Waals surface area contributed by atoms with Crippen LogP contribution in [0.25, 0.3) is 0 Å². The molecule has 0 aromatic heterocycles. The van der Waals surface area contributed by atoms with E-state index in [1.165, 1.54) is 0 Å². The minimum atomic E-state index is -0.664. The van der Waals surface area contributed by atoms with E-state index in [0.29, 0.717) is 22.3 Å². The molecule has 0 aliphatic heterocycles. The van der Waals surface area contributed by atoms with Gasteiger partial charge in [0.2, 0.25) is 0 Å². The predicted molar refractivity (Wildman–Crippen MR) is 82.9 cm³/mol. The number of ether oxygens (including phenoxy) is 1. The maximum absolute atomic E-state index is 9.88. The number of halogens is 2. The van der Waals surface area contributed by atoms with Crippen molar-refractivity contribution in [3.63, 3.8) is 0 Å². The van der Waals surface area contributed by atoms with E-state index in [0.717, 1.165) is 5.69 Å². The Morgan fingerprint density at radius 2 is 1.65 bits per heavy atom. The lowest BCUT2D eigenvalue weighted by Gasteiger charge is -2.15. The number of benzene rings is 2. The molecule has 20 heavy (non-hydrogen) atoms. The maximum atomic E-state index is 9.88. The van der Waals surface area contributed by atoms with Crippen molar-refractivity contribution in [2.24, 2.45) is 0 Å². The first-order chi connectivity index (χ1) is 9.66. The lowest BCUT2D eigenvalue weighted by Crippen LogP contribution is -2.26. The highest BCUT2D eigenvalue weighted by Crippen LogP contribution is 2.32. The van der Waals surface area contributed by atoms with Gasteiger partial charge in [0.25, 0.3) is 0 Å². The second kappa shape index (κ2) is 7.39. The van der Waals surface area contributed by atoms with Crippen molar-refractivity contribution in [3.05, 3.63) is 58.6 Å². The Bertz CT molecular complexity index is 529. The Hall–Kier alpha value is -1.42. The molecule has 1 unspecified atom stereocenters. The molecule has 0 bridgehead atoms. The zero-order valence-electron chi connectivity index (χ0n) is 10.7. The molecule has 2 rings (SSSR count). The van der Waals surface area contributed by atoms with E-state index in [2.05, 4.69) is 5.32 Å². The van der Waals surface area contributed by atoms with Gasteiger partial charge in [0.1, 0.15) is 12.7 Å². The summed E-state index contributed by atoms with van der Waals surface area (Å²) in [6.07, 6.45) is -0.664. The fourth-order valence-electron chi connectivity index (χ4n) is 1.65. The molecular weight excluding hydrogens is 297 g/mol. The van der Waals surface area contributed by atoms with Gasteiger partial charge in [0, 0.05) is 12.2 Å². The van der Waals surface area contributed by atoms with Gasteiger partial charge < -0.3 is 15.2 Å². The molecule has 106 valence electrons. The molecule has 0 aliphatic rings. The molecule has 0 fully saturated rings. The van der Waals surface area contributed by atoms with Crippen LogP contribution in [-0.4, -0.2) is 24.4 Å². The van der Waals surface area contributed by atoms with Crippen LogP contribution < -0.4 is 10.1 Å². The first-order valence-corrected chi connectivity index (χ1v) is 6.96. The van der Waals surface area contributed by atoms with Gasteiger partial charge in [0.05, 0.1) is 10.0 Å². The average molecular weight is 312 g/mol. The third-order valence-electron chi connectivity index (χ3n) is 2.65. The van der Waals surface area contributed by atoms with E-state index < -0.39 is 6.10 Å². The van der Waals surface area contributed by atoms with Crippen LogP contribution in [-0.2, 0) is 0 Å².